The Morgan fingerprint density at radius 1 is 1.03 bits per heavy atom. The molecule has 2 heterocycles. The first-order valence-corrected chi connectivity index (χ1v) is 12.0. The molecule has 0 saturated carbocycles. The monoisotopic (exact) mass is 482 g/mol. The molecule has 0 fully saturated rings. The first kappa shape index (κ1) is 21.6. The molecule has 1 atom stereocenters. The number of rotatable bonds is 4. The minimum absolute atomic E-state index is 0.00316. The van der Waals surface area contributed by atoms with Crippen molar-refractivity contribution < 1.29 is 14.6 Å². The van der Waals surface area contributed by atoms with Gasteiger partial charge in [0.2, 0.25) is 0 Å². The van der Waals surface area contributed by atoms with Gasteiger partial charge in [0.1, 0.15) is 17.2 Å². The van der Waals surface area contributed by atoms with Crippen LogP contribution in [0.2, 0.25) is 0 Å². The van der Waals surface area contributed by atoms with E-state index in [9.17, 15) is 9.90 Å². The minimum atomic E-state index is -0.118. The number of hydrogen-bond acceptors (Lipinski definition) is 3. The van der Waals surface area contributed by atoms with Crippen molar-refractivity contribution in [1.29, 1.82) is 0 Å². The van der Waals surface area contributed by atoms with Gasteiger partial charge in [0.15, 0.2) is 0 Å². The average Bonchev–Trinajstić information content (AvgIpc) is 3.49. The van der Waals surface area contributed by atoms with Gasteiger partial charge in [-0.25, -0.2) is 0 Å². The fourth-order valence-electron chi connectivity index (χ4n) is 5.19. The van der Waals surface area contributed by atoms with E-state index in [1.165, 1.54) is 0 Å². The van der Waals surface area contributed by atoms with Crippen LogP contribution in [-0.4, -0.2) is 35.5 Å². The fraction of sp³-hybridized carbons (Fsp3) is 0.138. The van der Waals surface area contributed by atoms with Crippen LogP contribution < -0.4 is 9.64 Å². The number of nitrogens with zero attached hydrogens (tertiary/aromatic N) is 1. The third-order valence-corrected chi connectivity index (χ3v) is 7.22. The summed E-state index contributed by atoms with van der Waals surface area (Å²) in [5.41, 5.74) is 4.88. The average molecular weight is 483 g/mol. The zero-order chi connectivity index (χ0) is 24.1. The third-order valence-electron chi connectivity index (χ3n) is 6.85. The minimum Gasteiger partial charge on any atom is -0.507 e. The molecule has 1 aliphatic heterocycles. The Kier molecular flexibility index (Phi) is 5.15. The molecule has 1 aromatic heterocycles. The number of carbonyl (C=O) groups excluding carboxylic acids is 1. The Labute approximate surface area is 207 Å². The lowest BCUT2D eigenvalue weighted by atomic mass is 9.90. The van der Waals surface area contributed by atoms with Gasteiger partial charge >= 0.3 is 0 Å². The number of H-pyrrole nitrogens is 1. The largest absolute Gasteiger partial charge is 0.507 e. The van der Waals surface area contributed by atoms with E-state index in [4.69, 9.17) is 16.3 Å². The van der Waals surface area contributed by atoms with Gasteiger partial charge in [-0.2, -0.15) is 0 Å². The van der Waals surface area contributed by atoms with E-state index in [-0.39, 0.29) is 17.6 Å². The molecule has 2 N–H and O–H groups in total. The van der Waals surface area contributed by atoms with Crippen LogP contribution in [0.3, 0.4) is 0 Å². The lowest BCUT2D eigenvalue weighted by Gasteiger charge is -2.19. The summed E-state index contributed by atoms with van der Waals surface area (Å²) < 4.78 is 5.33. The number of alkyl halides is 1. The number of amides is 1. The molecule has 1 unspecified atom stereocenters. The molecule has 0 bridgehead atoms. The third kappa shape index (κ3) is 3.43. The number of aromatic amines is 1. The van der Waals surface area contributed by atoms with Crippen molar-refractivity contribution in [3.05, 3.63) is 90.1 Å². The number of para-hydroxylation sites is 1. The topological polar surface area (TPSA) is 65.6 Å². The highest BCUT2D eigenvalue weighted by molar-refractivity contribution is 6.19. The molecular formula is C29H23ClN2O3. The van der Waals surface area contributed by atoms with Crippen molar-refractivity contribution in [2.24, 2.45) is 0 Å². The van der Waals surface area contributed by atoms with Crippen LogP contribution in [0, 0.1) is 0 Å². The zero-order valence-electron chi connectivity index (χ0n) is 19.1. The number of fused-ring (bicyclic) bond motifs is 4. The van der Waals surface area contributed by atoms with E-state index >= 15 is 0 Å². The van der Waals surface area contributed by atoms with Gasteiger partial charge in [0, 0.05) is 40.5 Å². The van der Waals surface area contributed by atoms with E-state index < -0.39 is 0 Å². The van der Waals surface area contributed by atoms with Gasteiger partial charge in [0.05, 0.1) is 7.11 Å². The number of phenols is 1. The summed E-state index contributed by atoms with van der Waals surface area (Å²) in [5.74, 6) is 1.23. The van der Waals surface area contributed by atoms with Crippen molar-refractivity contribution in [2.75, 3.05) is 24.4 Å². The smallest absolute Gasteiger partial charge is 0.274 e. The maximum Gasteiger partial charge on any atom is 0.274 e. The summed E-state index contributed by atoms with van der Waals surface area (Å²) in [5, 5.41) is 13.6. The SMILES string of the molecule is COc1ccc2[nH]c(C(=O)N3CC(CCl)c4c3cc(-c3ccccc3O)c3ccccc43)cc2c1. The maximum absolute atomic E-state index is 13.8. The number of hydrogen-bond donors (Lipinski definition) is 2. The lowest BCUT2D eigenvalue weighted by molar-refractivity contribution is 0.0984. The van der Waals surface area contributed by atoms with Gasteiger partial charge in [-0.05, 0) is 58.3 Å². The first-order valence-electron chi connectivity index (χ1n) is 11.5. The molecule has 174 valence electrons. The molecule has 0 radical (unpaired) electrons. The number of halogens is 1. The molecule has 1 aliphatic rings. The normalized spacial score (nSPS) is 15.0. The summed E-state index contributed by atoms with van der Waals surface area (Å²) in [6, 6.07) is 25.0. The highest BCUT2D eigenvalue weighted by Crippen LogP contribution is 2.47. The van der Waals surface area contributed by atoms with Crippen LogP contribution in [0.5, 0.6) is 11.5 Å². The number of benzene rings is 4. The lowest BCUT2D eigenvalue weighted by Crippen LogP contribution is -2.30. The van der Waals surface area contributed by atoms with Crippen molar-refractivity contribution in [2.45, 2.75) is 5.92 Å². The molecule has 4 aromatic carbocycles. The number of aromatic hydroxyl groups is 1. The Balaban J connectivity index is 1.53. The van der Waals surface area contributed by atoms with Gasteiger partial charge < -0.3 is 19.7 Å². The number of methoxy groups -OCH3 is 1. The molecular weight excluding hydrogens is 460 g/mol. The summed E-state index contributed by atoms with van der Waals surface area (Å²) in [4.78, 5) is 18.9. The molecule has 5 aromatic rings. The van der Waals surface area contributed by atoms with Crippen LogP contribution in [0.25, 0.3) is 32.8 Å². The summed E-state index contributed by atoms with van der Waals surface area (Å²) in [6.45, 7) is 0.491. The van der Waals surface area contributed by atoms with Crippen molar-refractivity contribution in [3.8, 4) is 22.6 Å². The van der Waals surface area contributed by atoms with Crippen molar-refractivity contribution >= 4 is 44.9 Å². The van der Waals surface area contributed by atoms with E-state index in [0.717, 1.165) is 49.8 Å². The first-order chi connectivity index (χ1) is 17.1. The van der Waals surface area contributed by atoms with Crippen molar-refractivity contribution in [3.63, 3.8) is 0 Å². The number of anilines is 1. The number of ether oxygens (including phenoxy) is 1. The Hall–Kier alpha value is -3.96. The second-order valence-corrected chi connectivity index (χ2v) is 9.13. The summed E-state index contributed by atoms with van der Waals surface area (Å²) in [7, 11) is 1.62. The molecule has 6 rings (SSSR count). The molecule has 0 spiro atoms. The Bertz CT molecular complexity index is 1610. The molecule has 5 nitrogen and oxygen atoms in total. The predicted molar refractivity (Wildman–Crippen MR) is 141 cm³/mol. The molecule has 0 aliphatic carbocycles. The van der Waals surface area contributed by atoms with E-state index in [2.05, 4.69) is 17.1 Å². The fourth-order valence-corrected chi connectivity index (χ4v) is 5.44. The zero-order valence-corrected chi connectivity index (χ0v) is 19.8. The highest BCUT2D eigenvalue weighted by Gasteiger charge is 2.35. The van der Waals surface area contributed by atoms with Gasteiger partial charge in [0.25, 0.3) is 5.91 Å². The predicted octanol–water partition coefficient (Wildman–Crippen LogP) is 6.69. The summed E-state index contributed by atoms with van der Waals surface area (Å²) >= 11 is 6.43. The summed E-state index contributed by atoms with van der Waals surface area (Å²) in [6.07, 6.45) is 0. The van der Waals surface area contributed by atoms with Crippen molar-refractivity contribution in [1.82, 2.24) is 4.98 Å². The van der Waals surface area contributed by atoms with Crippen LogP contribution in [0.1, 0.15) is 22.0 Å². The molecule has 1 amide bonds. The van der Waals surface area contributed by atoms with E-state index in [1.54, 1.807) is 24.1 Å². The number of carbonyl (C=O) groups is 1. The Morgan fingerprint density at radius 2 is 1.80 bits per heavy atom. The highest BCUT2D eigenvalue weighted by atomic mass is 35.5. The van der Waals surface area contributed by atoms with Crippen LogP contribution in [-0.2, 0) is 0 Å². The van der Waals surface area contributed by atoms with Crippen LogP contribution in [0.15, 0.2) is 78.9 Å². The van der Waals surface area contributed by atoms with E-state index in [0.29, 0.717) is 18.1 Å². The Morgan fingerprint density at radius 3 is 2.57 bits per heavy atom. The number of aromatic nitrogens is 1. The molecule has 35 heavy (non-hydrogen) atoms. The van der Waals surface area contributed by atoms with Gasteiger partial charge in [-0.1, -0.05) is 42.5 Å². The van der Waals surface area contributed by atoms with Crippen LogP contribution in [0.4, 0.5) is 5.69 Å². The van der Waals surface area contributed by atoms with Gasteiger partial charge in [-0.3, -0.25) is 4.79 Å². The van der Waals surface area contributed by atoms with E-state index in [1.807, 2.05) is 54.6 Å². The number of nitrogens with one attached hydrogen (secondary N) is 1. The van der Waals surface area contributed by atoms with Crippen LogP contribution >= 0.6 is 11.6 Å². The molecule has 0 saturated heterocycles. The number of phenolic OH excluding ortho intramolecular Hbond substituents is 1. The quantitative estimate of drug-likeness (QED) is 0.281. The molecule has 6 heteroatoms. The standard InChI is InChI=1S/C29H23ClN2O3/c1-35-19-10-11-24-17(12-19)13-25(31-24)29(34)32-16-18(15-30)28-22-8-3-2-6-20(22)23(14-26(28)32)21-7-4-5-9-27(21)33/h2-14,18,31,33H,15-16H2,1H3. The second kappa shape index (κ2) is 8.36. The maximum atomic E-state index is 13.8. The van der Waals surface area contributed by atoms with Gasteiger partial charge in [-0.15, -0.1) is 11.6 Å². The second-order valence-electron chi connectivity index (χ2n) is 8.82.